The molecule has 0 aliphatic carbocycles. The number of fused-ring (bicyclic) bond motifs is 2. The number of anilines is 1. The molecule has 0 atom stereocenters. The molecule has 212 valence electrons. The molecular formula is C29H29N5O5S2. The van der Waals surface area contributed by atoms with Crippen molar-refractivity contribution in [3.8, 4) is 16.3 Å². The van der Waals surface area contributed by atoms with E-state index in [0.717, 1.165) is 40.4 Å². The average molecular weight is 592 g/mol. The van der Waals surface area contributed by atoms with Gasteiger partial charge in [-0.3, -0.25) is 14.6 Å². The van der Waals surface area contributed by atoms with Crippen molar-refractivity contribution in [2.75, 3.05) is 32.6 Å². The molecule has 1 aliphatic rings. The van der Waals surface area contributed by atoms with E-state index in [-0.39, 0.29) is 33.2 Å². The van der Waals surface area contributed by atoms with E-state index in [4.69, 9.17) is 4.74 Å². The topological polar surface area (TPSA) is 131 Å². The molecule has 1 aliphatic heterocycles. The van der Waals surface area contributed by atoms with Crippen LogP contribution in [0.15, 0.2) is 70.8 Å². The fourth-order valence-corrected chi connectivity index (χ4v) is 6.91. The van der Waals surface area contributed by atoms with E-state index < -0.39 is 21.7 Å². The van der Waals surface area contributed by atoms with E-state index in [1.165, 1.54) is 35.7 Å². The van der Waals surface area contributed by atoms with Gasteiger partial charge in [0.1, 0.15) is 15.7 Å². The Kier molecular flexibility index (Phi) is 8.15. The first-order valence-electron chi connectivity index (χ1n) is 12.9. The van der Waals surface area contributed by atoms with Gasteiger partial charge in [0.2, 0.25) is 9.84 Å². The maximum absolute atomic E-state index is 13.3. The van der Waals surface area contributed by atoms with Gasteiger partial charge in [-0.1, -0.05) is 0 Å². The van der Waals surface area contributed by atoms with Crippen LogP contribution in [0.3, 0.4) is 0 Å². The van der Waals surface area contributed by atoms with Crippen LogP contribution in [0, 0.1) is 6.92 Å². The van der Waals surface area contributed by atoms with E-state index in [1.54, 1.807) is 13.1 Å². The Morgan fingerprint density at radius 1 is 1.07 bits per heavy atom. The molecule has 3 heterocycles. The molecule has 2 aromatic heterocycles. The Bertz CT molecular complexity index is 1720. The number of benzene rings is 2. The number of rotatable bonds is 9. The molecule has 2 amide bonds. The summed E-state index contributed by atoms with van der Waals surface area (Å²) in [6.07, 6.45) is 5.18. The second-order valence-electron chi connectivity index (χ2n) is 9.78. The zero-order chi connectivity index (χ0) is 29.1. The lowest BCUT2D eigenvalue weighted by Crippen LogP contribution is -2.24. The zero-order valence-corrected chi connectivity index (χ0v) is 24.4. The Morgan fingerprint density at radius 2 is 1.85 bits per heavy atom. The largest absolute Gasteiger partial charge is 0.494 e. The number of amides is 2. The highest BCUT2D eigenvalue weighted by Gasteiger charge is 2.33. The lowest BCUT2D eigenvalue weighted by Gasteiger charge is -2.14. The van der Waals surface area contributed by atoms with Gasteiger partial charge in [-0.25, -0.2) is 13.4 Å². The van der Waals surface area contributed by atoms with Gasteiger partial charge in [0.05, 0.1) is 29.3 Å². The number of thiazole rings is 1. The van der Waals surface area contributed by atoms with Gasteiger partial charge in [-0.05, 0) is 75.5 Å². The minimum Gasteiger partial charge on any atom is -0.494 e. The van der Waals surface area contributed by atoms with Crippen molar-refractivity contribution in [3.05, 3.63) is 82.6 Å². The van der Waals surface area contributed by atoms with Crippen LogP contribution in [0.25, 0.3) is 10.6 Å². The van der Waals surface area contributed by atoms with Crippen LogP contribution >= 0.6 is 11.3 Å². The summed E-state index contributed by atoms with van der Waals surface area (Å²) < 4.78 is 32.3. The molecule has 2 N–H and O–H groups in total. The molecule has 5 rings (SSSR count). The van der Waals surface area contributed by atoms with E-state index in [0.29, 0.717) is 12.2 Å². The van der Waals surface area contributed by atoms with Crippen molar-refractivity contribution in [3.63, 3.8) is 0 Å². The zero-order valence-electron chi connectivity index (χ0n) is 22.8. The summed E-state index contributed by atoms with van der Waals surface area (Å²) in [6.45, 7) is 3.46. The molecule has 0 spiro atoms. The number of nitrogens with zero attached hydrogens (tertiary/aromatic N) is 3. The van der Waals surface area contributed by atoms with Crippen LogP contribution < -0.4 is 15.4 Å². The van der Waals surface area contributed by atoms with Crippen LogP contribution in [-0.2, 0) is 16.4 Å². The van der Waals surface area contributed by atoms with Gasteiger partial charge in [-0.15, -0.1) is 11.3 Å². The quantitative estimate of drug-likeness (QED) is 0.278. The highest BCUT2D eigenvalue weighted by Crippen LogP contribution is 2.36. The third kappa shape index (κ3) is 5.99. The van der Waals surface area contributed by atoms with Crippen molar-refractivity contribution >= 4 is 38.7 Å². The molecule has 0 saturated heterocycles. The Hall–Kier alpha value is -4.13. The minimum atomic E-state index is -4.02. The summed E-state index contributed by atoms with van der Waals surface area (Å²) in [6, 6.07) is 11.9. The summed E-state index contributed by atoms with van der Waals surface area (Å²) in [5.74, 6) is -0.171. The molecular weight excluding hydrogens is 562 g/mol. The first-order chi connectivity index (χ1) is 19.6. The number of hydrogen-bond donors (Lipinski definition) is 2. The maximum Gasteiger partial charge on any atom is 0.257 e. The van der Waals surface area contributed by atoms with Crippen LogP contribution in [-0.4, -0.2) is 62.3 Å². The number of ether oxygens (including phenoxy) is 1. The molecule has 0 fully saturated rings. The van der Waals surface area contributed by atoms with Gasteiger partial charge in [-0.2, -0.15) is 0 Å². The molecule has 0 unspecified atom stereocenters. The Labute approximate surface area is 242 Å². The molecule has 41 heavy (non-hydrogen) atoms. The molecule has 0 radical (unpaired) electrons. The fourth-order valence-electron chi connectivity index (χ4n) is 4.44. The smallest absolute Gasteiger partial charge is 0.257 e. The van der Waals surface area contributed by atoms with Crippen LogP contribution in [0.1, 0.15) is 37.6 Å². The maximum atomic E-state index is 13.3. The number of pyridine rings is 1. The molecule has 2 aromatic carbocycles. The van der Waals surface area contributed by atoms with Crippen molar-refractivity contribution in [1.29, 1.82) is 0 Å². The number of sulfone groups is 1. The van der Waals surface area contributed by atoms with E-state index in [9.17, 15) is 18.0 Å². The van der Waals surface area contributed by atoms with Gasteiger partial charge in [0.25, 0.3) is 11.8 Å². The number of carbonyl (C=O) groups excluding carboxylic acids is 2. The van der Waals surface area contributed by atoms with E-state index in [1.807, 2.05) is 38.4 Å². The van der Waals surface area contributed by atoms with Crippen molar-refractivity contribution in [2.45, 2.75) is 29.7 Å². The molecule has 10 nitrogen and oxygen atoms in total. The summed E-state index contributed by atoms with van der Waals surface area (Å²) in [4.78, 5) is 37.0. The monoisotopic (exact) mass is 591 g/mol. The van der Waals surface area contributed by atoms with Crippen molar-refractivity contribution in [1.82, 2.24) is 20.2 Å². The Balaban J connectivity index is 1.26. The first-order valence-corrected chi connectivity index (χ1v) is 15.2. The highest BCUT2D eigenvalue weighted by molar-refractivity contribution is 7.91. The SMILES string of the molecule is Cc1c(C(=O)NCc2cnc(-c3ccc(OCCCN(C)C)cc3)s2)ccc2c1NC(=O)c1ccncc1S2(=O)=O. The fraction of sp³-hybridized carbons (Fsp3) is 0.241. The summed E-state index contributed by atoms with van der Waals surface area (Å²) in [5, 5.41) is 6.36. The van der Waals surface area contributed by atoms with Crippen molar-refractivity contribution < 1.29 is 22.7 Å². The predicted molar refractivity (Wildman–Crippen MR) is 156 cm³/mol. The third-order valence-corrected chi connectivity index (χ3v) is 9.48. The summed E-state index contributed by atoms with van der Waals surface area (Å²) in [5.41, 5.74) is 1.65. The van der Waals surface area contributed by atoms with Crippen LogP contribution in [0.2, 0.25) is 0 Å². The van der Waals surface area contributed by atoms with Crippen LogP contribution in [0.4, 0.5) is 5.69 Å². The number of carbonyl (C=O) groups is 2. The molecule has 0 saturated carbocycles. The van der Waals surface area contributed by atoms with E-state index in [2.05, 4.69) is 25.5 Å². The summed E-state index contributed by atoms with van der Waals surface area (Å²) >= 11 is 1.46. The normalized spacial score (nSPS) is 13.6. The second-order valence-corrected chi connectivity index (χ2v) is 12.8. The van der Waals surface area contributed by atoms with Crippen LogP contribution in [0.5, 0.6) is 5.75 Å². The number of hydrogen-bond acceptors (Lipinski definition) is 9. The third-order valence-electron chi connectivity index (χ3n) is 6.61. The predicted octanol–water partition coefficient (Wildman–Crippen LogP) is 4.17. The lowest BCUT2D eigenvalue weighted by atomic mass is 10.1. The summed E-state index contributed by atoms with van der Waals surface area (Å²) in [7, 11) is 0.0458. The van der Waals surface area contributed by atoms with Crippen molar-refractivity contribution in [2.24, 2.45) is 0 Å². The first kappa shape index (κ1) is 28.4. The van der Waals surface area contributed by atoms with Gasteiger partial charge in [0.15, 0.2) is 0 Å². The minimum absolute atomic E-state index is 0.00442. The standard InChI is InChI=1S/C29H29N5O5S2/c1-18-22(9-10-24-26(18)33-28(36)23-11-12-30-17-25(23)41(24,37)38)27(35)31-15-21-16-32-29(40-21)19-5-7-20(8-6-19)39-14-4-13-34(2)3/h5-12,16-17H,4,13-15H2,1-3H3,(H,31,35)(H,33,36). The van der Waals surface area contributed by atoms with Gasteiger partial charge < -0.3 is 20.3 Å². The number of nitrogens with one attached hydrogen (secondary N) is 2. The molecule has 0 bridgehead atoms. The molecule has 12 heteroatoms. The number of aromatic nitrogens is 2. The second kappa shape index (κ2) is 11.8. The Morgan fingerprint density at radius 3 is 2.61 bits per heavy atom. The van der Waals surface area contributed by atoms with Gasteiger partial charge >= 0.3 is 0 Å². The highest BCUT2D eigenvalue weighted by atomic mass is 32.2. The molecule has 4 aromatic rings. The lowest BCUT2D eigenvalue weighted by molar-refractivity contribution is 0.0949. The average Bonchev–Trinajstić information content (AvgIpc) is 3.41. The van der Waals surface area contributed by atoms with E-state index >= 15 is 0 Å². The van der Waals surface area contributed by atoms with Gasteiger partial charge in [0, 0.05) is 41.1 Å².